The van der Waals surface area contributed by atoms with Gasteiger partial charge in [-0.1, -0.05) is 32.3 Å². The molecule has 10 heteroatoms. The van der Waals surface area contributed by atoms with Gasteiger partial charge in [-0.15, -0.1) is 0 Å². The third-order valence-electron chi connectivity index (χ3n) is 8.01. The van der Waals surface area contributed by atoms with E-state index in [0.717, 1.165) is 37.8 Å². The first-order chi connectivity index (χ1) is 19.8. The Hall–Kier alpha value is -3.79. The molecule has 2 unspecified atom stereocenters. The predicted molar refractivity (Wildman–Crippen MR) is 160 cm³/mol. The lowest BCUT2D eigenvalue weighted by molar-refractivity contribution is 0.0953. The van der Waals surface area contributed by atoms with Gasteiger partial charge >= 0.3 is 0 Å². The largest absolute Gasteiger partial charge is 0.497 e. The Morgan fingerprint density at radius 1 is 1.00 bits per heavy atom. The van der Waals surface area contributed by atoms with Gasteiger partial charge in [-0.3, -0.25) is 14.3 Å². The van der Waals surface area contributed by atoms with Crippen LogP contribution in [-0.4, -0.2) is 45.6 Å². The first-order valence-electron chi connectivity index (χ1n) is 14.3. The molecule has 1 aromatic heterocycles. The molecule has 0 spiro atoms. The second kappa shape index (κ2) is 12.4. The van der Waals surface area contributed by atoms with Crippen molar-refractivity contribution in [3.63, 3.8) is 0 Å². The number of aromatic nitrogens is 1. The first kappa shape index (κ1) is 28.7. The van der Waals surface area contributed by atoms with Crippen LogP contribution in [0.4, 0.5) is 11.4 Å². The van der Waals surface area contributed by atoms with Crippen LogP contribution in [0.25, 0.3) is 0 Å². The lowest BCUT2D eigenvalue weighted by Gasteiger charge is -2.44. The van der Waals surface area contributed by atoms with E-state index in [-0.39, 0.29) is 28.2 Å². The number of hydrogen-bond acceptors (Lipinski definition) is 6. The molecule has 5 rings (SSSR count). The quantitative estimate of drug-likeness (QED) is 0.322. The monoisotopic (exact) mass is 578 g/mol. The lowest BCUT2D eigenvalue weighted by Crippen LogP contribution is -2.47. The molecule has 1 saturated heterocycles. The van der Waals surface area contributed by atoms with Crippen LogP contribution < -0.4 is 25.2 Å². The van der Waals surface area contributed by atoms with Gasteiger partial charge in [0, 0.05) is 49.4 Å². The molecule has 2 bridgehead atoms. The average molecular weight is 579 g/mol. The number of nitrogens with one attached hydrogen (secondary N) is 2. The van der Waals surface area contributed by atoms with Gasteiger partial charge in [0.25, 0.3) is 21.5 Å². The van der Waals surface area contributed by atoms with E-state index in [2.05, 4.69) is 21.9 Å². The Balaban J connectivity index is 1.44. The molecule has 1 amide bonds. The highest BCUT2D eigenvalue weighted by Crippen LogP contribution is 2.39. The topological polar surface area (TPSA) is 110 Å². The number of amides is 1. The van der Waals surface area contributed by atoms with Crippen LogP contribution in [0.2, 0.25) is 0 Å². The summed E-state index contributed by atoms with van der Waals surface area (Å²) in [5.74, 6) is 0.718. The number of carbonyl (C=O) groups excluding carboxylic acids is 1. The minimum Gasteiger partial charge on any atom is -0.497 e. The second-order valence-electron chi connectivity index (χ2n) is 10.9. The number of sulfonamides is 1. The molecule has 3 aromatic rings. The van der Waals surface area contributed by atoms with E-state index in [1.807, 2.05) is 16.7 Å². The lowest BCUT2D eigenvalue weighted by atomic mass is 9.83. The molecular weight excluding hydrogens is 540 g/mol. The minimum atomic E-state index is -3.95. The van der Waals surface area contributed by atoms with Crippen molar-refractivity contribution in [3.8, 4) is 5.75 Å². The van der Waals surface area contributed by atoms with Crippen molar-refractivity contribution >= 4 is 27.3 Å². The molecule has 3 heterocycles. The third-order valence-corrected chi connectivity index (χ3v) is 9.39. The van der Waals surface area contributed by atoms with Crippen molar-refractivity contribution in [2.75, 3.05) is 36.4 Å². The van der Waals surface area contributed by atoms with Gasteiger partial charge < -0.3 is 19.5 Å². The Kier molecular flexibility index (Phi) is 8.68. The van der Waals surface area contributed by atoms with Crippen molar-refractivity contribution in [3.05, 3.63) is 82.3 Å². The summed E-state index contributed by atoms with van der Waals surface area (Å²) in [6, 6.07) is 16.8. The zero-order valence-electron chi connectivity index (χ0n) is 23.6. The summed E-state index contributed by atoms with van der Waals surface area (Å²) in [6.07, 6.45) is 5.17. The van der Waals surface area contributed by atoms with Crippen molar-refractivity contribution in [1.29, 1.82) is 0 Å². The highest BCUT2D eigenvalue weighted by molar-refractivity contribution is 7.92. The summed E-state index contributed by atoms with van der Waals surface area (Å²) >= 11 is 0. The number of methoxy groups -OCH3 is 1. The summed E-state index contributed by atoms with van der Waals surface area (Å²) in [4.78, 5) is 27.8. The number of piperidine rings is 1. The summed E-state index contributed by atoms with van der Waals surface area (Å²) in [5.41, 5.74) is 2.49. The van der Waals surface area contributed by atoms with Gasteiger partial charge in [0.1, 0.15) is 5.75 Å². The zero-order chi connectivity index (χ0) is 29.0. The van der Waals surface area contributed by atoms with Gasteiger partial charge in [-0.05, 0) is 67.3 Å². The van der Waals surface area contributed by atoms with E-state index in [9.17, 15) is 18.0 Å². The number of rotatable bonds is 11. The van der Waals surface area contributed by atoms with Crippen LogP contribution in [0.1, 0.15) is 61.0 Å². The smallest absolute Gasteiger partial charge is 0.261 e. The molecule has 0 aliphatic carbocycles. The van der Waals surface area contributed by atoms with E-state index >= 15 is 0 Å². The molecule has 2 aromatic carbocycles. The molecular formula is C31H38N4O5S. The van der Waals surface area contributed by atoms with Crippen LogP contribution in [0.5, 0.6) is 5.75 Å². The van der Waals surface area contributed by atoms with E-state index in [1.165, 1.54) is 19.2 Å². The highest BCUT2D eigenvalue weighted by atomic mass is 32.2. The normalized spacial score (nSPS) is 18.0. The molecule has 0 radical (unpaired) electrons. The fourth-order valence-corrected chi connectivity index (χ4v) is 7.01. The first-order valence-corrected chi connectivity index (χ1v) is 15.8. The molecule has 1 fully saturated rings. The maximum atomic E-state index is 13.5. The molecule has 2 aliphatic rings. The molecule has 41 heavy (non-hydrogen) atoms. The standard InChI is InChI=1S/C31H38N4O5S/c1-3-4-5-6-16-32-31(37)23-10-15-29(27(18-23)33-41(38,39)26-13-11-25(40-2)12-14-26)34-19-22-17-24(21-34)28-8-7-9-30(36)35(28)20-22/h7-15,18,22,24,33H,3-6,16-17,19-21H2,1-2H3,(H,32,37). The van der Waals surface area contributed by atoms with Gasteiger partial charge in [-0.2, -0.15) is 0 Å². The predicted octanol–water partition coefficient (Wildman–Crippen LogP) is 4.59. The fraction of sp³-hybridized carbons (Fsp3) is 0.419. The number of ether oxygens (including phenoxy) is 1. The number of unbranched alkanes of at least 4 members (excludes halogenated alkanes) is 3. The minimum absolute atomic E-state index is 0.0173. The molecule has 0 saturated carbocycles. The number of benzene rings is 2. The summed E-state index contributed by atoms with van der Waals surface area (Å²) in [7, 11) is -2.43. The number of nitrogens with zero attached hydrogens (tertiary/aromatic N) is 2. The second-order valence-corrected chi connectivity index (χ2v) is 12.6. The number of anilines is 2. The summed E-state index contributed by atoms with van der Waals surface area (Å²) in [6.45, 7) is 4.66. The van der Waals surface area contributed by atoms with Gasteiger partial charge in [0.2, 0.25) is 0 Å². The van der Waals surface area contributed by atoms with Crippen LogP contribution in [0.15, 0.2) is 70.4 Å². The van der Waals surface area contributed by atoms with E-state index in [1.54, 1.807) is 36.4 Å². The van der Waals surface area contributed by atoms with E-state index in [0.29, 0.717) is 48.9 Å². The van der Waals surface area contributed by atoms with Crippen LogP contribution >= 0.6 is 0 Å². The molecule has 2 N–H and O–H groups in total. The van der Waals surface area contributed by atoms with E-state index in [4.69, 9.17) is 4.74 Å². The van der Waals surface area contributed by atoms with E-state index < -0.39 is 10.0 Å². The van der Waals surface area contributed by atoms with Gasteiger partial charge in [0.15, 0.2) is 0 Å². The van der Waals surface area contributed by atoms with Crippen molar-refractivity contribution in [1.82, 2.24) is 9.88 Å². The molecule has 2 atom stereocenters. The van der Waals surface area contributed by atoms with Gasteiger partial charge in [0.05, 0.1) is 23.4 Å². The summed E-state index contributed by atoms with van der Waals surface area (Å²) in [5, 5.41) is 2.96. The Morgan fingerprint density at radius 3 is 2.56 bits per heavy atom. The number of fused-ring (bicyclic) bond motifs is 4. The van der Waals surface area contributed by atoms with Crippen LogP contribution in [0.3, 0.4) is 0 Å². The van der Waals surface area contributed by atoms with Gasteiger partial charge in [-0.25, -0.2) is 8.42 Å². The Labute approximate surface area is 241 Å². The SMILES string of the molecule is CCCCCCNC(=O)c1ccc(N2CC3CC(C2)c2cccc(=O)n2C3)c(NS(=O)(=O)c2ccc(OC)cc2)c1. The third kappa shape index (κ3) is 6.43. The maximum absolute atomic E-state index is 13.5. The molecule has 2 aliphatic heterocycles. The van der Waals surface area contributed by atoms with Crippen LogP contribution in [-0.2, 0) is 16.6 Å². The van der Waals surface area contributed by atoms with Crippen molar-refractivity contribution < 1.29 is 17.9 Å². The Morgan fingerprint density at radius 2 is 1.80 bits per heavy atom. The van der Waals surface area contributed by atoms with Crippen molar-refractivity contribution in [2.24, 2.45) is 5.92 Å². The number of hydrogen-bond donors (Lipinski definition) is 2. The molecule has 218 valence electrons. The summed E-state index contributed by atoms with van der Waals surface area (Å²) < 4.78 is 36.8. The van der Waals surface area contributed by atoms with Crippen molar-refractivity contribution in [2.45, 2.75) is 56.4 Å². The highest BCUT2D eigenvalue weighted by Gasteiger charge is 2.35. The molecule has 9 nitrogen and oxygen atoms in total. The number of carbonyl (C=O) groups is 1. The fourth-order valence-electron chi connectivity index (χ4n) is 5.94. The maximum Gasteiger partial charge on any atom is 0.261 e. The van der Waals surface area contributed by atoms with Crippen LogP contribution in [0, 0.1) is 5.92 Å². The Bertz CT molecular complexity index is 1550. The zero-order valence-corrected chi connectivity index (χ0v) is 24.5. The number of pyridine rings is 1. The average Bonchev–Trinajstić information content (AvgIpc) is 2.97.